The van der Waals surface area contributed by atoms with E-state index in [0.29, 0.717) is 11.7 Å². The molecule has 6 nitrogen and oxygen atoms in total. The van der Waals surface area contributed by atoms with Gasteiger partial charge in [-0.05, 0) is 42.8 Å². The van der Waals surface area contributed by atoms with Crippen molar-refractivity contribution < 1.29 is 18.3 Å². The lowest BCUT2D eigenvalue weighted by Crippen LogP contribution is -2.25. The number of ether oxygens (including phenoxy) is 1. The van der Waals surface area contributed by atoms with E-state index >= 15 is 0 Å². The monoisotopic (exact) mass is 381 g/mol. The number of carbonyl (C=O) groups excluding carboxylic acids is 1. The molecule has 144 valence electrons. The van der Waals surface area contributed by atoms with E-state index in [-0.39, 0.29) is 24.9 Å². The van der Waals surface area contributed by atoms with Gasteiger partial charge in [0.25, 0.3) is 11.9 Å². The molecule has 0 saturated heterocycles. The minimum atomic E-state index is -0.295. The molecule has 0 aliphatic rings. The van der Waals surface area contributed by atoms with Crippen molar-refractivity contribution in [3.8, 4) is 5.95 Å². The first kappa shape index (κ1) is 19.2. The minimum Gasteiger partial charge on any atom is -0.460 e. The maximum atomic E-state index is 12.9. The van der Waals surface area contributed by atoms with Crippen LogP contribution in [-0.4, -0.2) is 18.7 Å². The molecule has 0 aliphatic carbocycles. The molecule has 0 bridgehead atoms. The van der Waals surface area contributed by atoms with E-state index in [1.54, 1.807) is 24.3 Å². The van der Waals surface area contributed by atoms with Gasteiger partial charge in [0.05, 0.1) is 12.8 Å². The number of aryl methyl sites for hydroxylation is 1. The summed E-state index contributed by atoms with van der Waals surface area (Å²) in [5.41, 5.74) is 5.25. The molecule has 1 amide bonds. The fourth-order valence-corrected chi connectivity index (χ4v) is 2.28. The van der Waals surface area contributed by atoms with Crippen molar-refractivity contribution in [1.29, 1.82) is 0 Å². The van der Waals surface area contributed by atoms with Gasteiger partial charge in [0.1, 0.15) is 12.4 Å². The molecule has 0 radical (unpaired) electrons. The summed E-state index contributed by atoms with van der Waals surface area (Å²) in [5.74, 6) is 0.159. The summed E-state index contributed by atoms with van der Waals surface area (Å²) in [4.78, 5) is 11.8. The predicted octanol–water partition coefficient (Wildman–Crippen LogP) is 3.87. The molecule has 28 heavy (non-hydrogen) atoms. The Balaban J connectivity index is 1.41. The van der Waals surface area contributed by atoms with Crippen LogP contribution in [0.4, 0.5) is 10.1 Å². The summed E-state index contributed by atoms with van der Waals surface area (Å²) in [7, 11) is 0. The Hall–Kier alpha value is -3.61. The number of hydrazone groups is 1. The lowest BCUT2D eigenvalue weighted by Gasteiger charge is -2.05. The van der Waals surface area contributed by atoms with Crippen molar-refractivity contribution in [2.24, 2.45) is 5.10 Å². The van der Waals surface area contributed by atoms with Crippen LogP contribution in [0.1, 0.15) is 16.9 Å². The second kappa shape index (κ2) is 9.36. The van der Waals surface area contributed by atoms with Gasteiger partial charge in [-0.25, -0.2) is 9.82 Å². The van der Waals surface area contributed by atoms with Crippen LogP contribution in [0, 0.1) is 12.7 Å². The topological polar surface area (TPSA) is 75.9 Å². The number of furan rings is 1. The molecular weight excluding hydrogens is 361 g/mol. The number of nitrogens with zero attached hydrogens (tertiary/aromatic N) is 1. The van der Waals surface area contributed by atoms with E-state index in [1.807, 2.05) is 31.2 Å². The van der Waals surface area contributed by atoms with E-state index in [0.717, 1.165) is 16.8 Å². The zero-order chi connectivity index (χ0) is 19.8. The fourth-order valence-electron chi connectivity index (χ4n) is 2.28. The molecule has 1 heterocycles. The molecule has 0 aliphatic heterocycles. The Bertz CT molecular complexity index is 934. The smallest absolute Gasteiger partial charge is 0.285 e. The number of amides is 1. The van der Waals surface area contributed by atoms with Crippen molar-refractivity contribution in [2.75, 3.05) is 11.9 Å². The predicted molar refractivity (Wildman–Crippen MR) is 105 cm³/mol. The molecule has 1 aromatic heterocycles. The van der Waals surface area contributed by atoms with Crippen LogP contribution in [0.25, 0.3) is 0 Å². The van der Waals surface area contributed by atoms with Gasteiger partial charge in [0.2, 0.25) is 0 Å². The largest absolute Gasteiger partial charge is 0.460 e. The van der Waals surface area contributed by atoms with Gasteiger partial charge in [-0.2, -0.15) is 5.10 Å². The van der Waals surface area contributed by atoms with Gasteiger partial charge in [0.15, 0.2) is 5.76 Å². The van der Waals surface area contributed by atoms with E-state index in [9.17, 15) is 9.18 Å². The van der Waals surface area contributed by atoms with E-state index in [4.69, 9.17) is 9.15 Å². The van der Waals surface area contributed by atoms with Crippen LogP contribution in [-0.2, 0) is 11.4 Å². The van der Waals surface area contributed by atoms with Crippen molar-refractivity contribution >= 4 is 17.8 Å². The molecule has 3 aromatic rings. The number of nitrogens with one attached hydrogen (secondary N) is 2. The van der Waals surface area contributed by atoms with Gasteiger partial charge >= 0.3 is 0 Å². The second-order valence-corrected chi connectivity index (χ2v) is 6.08. The third-order valence-corrected chi connectivity index (χ3v) is 3.78. The number of carbonyl (C=O) groups is 1. The highest BCUT2D eigenvalue weighted by Crippen LogP contribution is 2.16. The highest BCUT2D eigenvalue weighted by atomic mass is 19.1. The van der Waals surface area contributed by atoms with Crippen molar-refractivity contribution in [1.82, 2.24) is 5.43 Å². The minimum absolute atomic E-state index is 0.102. The van der Waals surface area contributed by atoms with Crippen LogP contribution in [0.2, 0.25) is 0 Å². The first-order chi connectivity index (χ1) is 13.6. The lowest BCUT2D eigenvalue weighted by atomic mass is 10.2. The third-order valence-electron chi connectivity index (χ3n) is 3.78. The Kier molecular flexibility index (Phi) is 6.41. The Morgan fingerprint density at radius 2 is 1.86 bits per heavy atom. The molecule has 0 unspecified atom stereocenters. The third kappa shape index (κ3) is 5.98. The van der Waals surface area contributed by atoms with Gasteiger partial charge in [-0.3, -0.25) is 4.79 Å². The second-order valence-electron chi connectivity index (χ2n) is 6.08. The van der Waals surface area contributed by atoms with Crippen LogP contribution >= 0.6 is 0 Å². The Morgan fingerprint density at radius 3 is 2.61 bits per heavy atom. The lowest BCUT2D eigenvalue weighted by molar-refractivity contribution is -0.119. The number of hydrogen-bond acceptors (Lipinski definition) is 5. The first-order valence-electron chi connectivity index (χ1n) is 8.68. The average molecular weight is 381 g/mol. The summed E-state index contributed by atoms with van der Waals surface area (Å²) in [6, 6.07) is 17.1. The van der Waals surface area contributed by atoms with Crippen LogP contribution in [0.5, 0.6) is 5.95 Å². The number of benzene rings is 2. The van der Waals surface area contributed by atoms with Crippen molar-refractivity contribution in [2.45, 2.75) is 13.5 Å². The molecule has 0 fully saturated rings. The summed E-state index contributed by atoms with van der Waals surface area (Å²) < 4.78 is 23.8. The van der Waals surface area contributed by atoms with E-state index in [1.165, 1.54) is 18.3 Å². The number of halogens is 1. The van der Waals surface area contributed by atoms with Gasteiger partial charge in [0, 0.05) is 11.8 Å². The van der Waals surface area contributed by atoms with Gasteiger partial charge in [-0.15, -0.1) is 0 Å². The highest BCUT2D eigenvalue weighted by molar-refractivity contribution is 5.83. The summed E-state index contributed by atoms with van der Waals surface area (Å²) >= 11 is 0. The molecule has 7 heteroatoms. The summed E-state index contributed by atoms with van der Waals surface area (Å²) in [5, 5.41) is 6.86. The summed E-state index contributed by atoms with van der Waals surface area (Å²) in [6.07, 6.45) is 1.38. The van der Waals surface area contributed by atoms with Gasteiger partial charge < -0.3 is 14.5 Å². The van der Waals surface area contributed by atoms with Gasteiger partial charge in [-0.1, -0.05) is 29.8 Å². The molecule has 2 aromatic carbocycles. The van der Waals surface area contributed by atoms with Crippen molar-refractivity contribution in [3.05, 3.63) is 83.4 Å². The summed E-state index contributed by atoms with van der Waals surface area (Å²) in [6.45, 7) is 2.36. The normalized spacial score (nSPS) is 10.8. The maximum Gasteiger partial charge on any atom is 0.285 e. The van der Waals surface area contributed by atoms with E-state index in [2.05, 4.69) is 15.8 Å². The number of hydrogen-bond donors (Lipinski definition) is 2. The molecular formula is C21H20FN3O3. The Labute approximate surface area is 162 Å². The SMILES string of the molecule is Cc1ccc(NCC(=O)N/N=C/c2ccc(OCc3ccc(F)cc3)o2)cc1. The number of rotatable bonds is 8. The van der Waals surface area contributed by atoms with E-state index < -0.39 is 0 Å². The van der Waals surface area contributed by atoms with Crippen LogP contribution < -0.4 is 15.5 Å². The first-order valence-corrected chi connectivity index (χ1v) is 8.68. The fraction of sp³-hybridized carbons (Fsp3) is 0.143. The molecule has 0 atom stereocenters. The van der Waals surface area contributed by atoms with Crippen LogP contribution in [0.15, 0.2) is 70.2 Å². The zero-order valence-electron chi connectivity index (χ0n) is 15.3. The quantitative estimate of drug-likeness (QED) is 0.459. The zero-order valence-corrected chi connectivity index (χ0v) is 15.3. The standard InChI is InChI=1S/C21H20FN3O3/c1-15-2-8-18(9-3-15)23-13-20(26)25-24-12-19-10-11-21(28-19)27-14-16-4-6-17(22)7-5-16/h2-12,23H,13-14H2,1H3,(H,25,26)/b24-12+. The Morgan fingerprint density at radius 1 is 1.11 bits per heavy atom. The number of anilines is 1. The molecule has 0 saturated carbocycles. The van der Waals surface area contributed by atoms with Crippen molar-refractivity contribution in [3.63, 3.8) is 0 Å². The molecule has 0 spiro atoms. The maximum absolute atomic E-state index is 12.9. The highest BCUT2D eigenvalue weighted by Gasteiger charge is 2.03. The molecule has 2 N–H and O–H groups in total. The molecule has 3 rings (SSSR count). The van der Waals surface area contributed by atoms with Crippen LogP contribution in [0.3, 0.4) is 0 Å². The average Bonchev–Trinajstić information content (AvgIpc) is 3.15.